The lowest BCUT2D eigenvalue weighted by atomic mass is 9.63. The van der Waals surface area contributed by atoms with E-state index in [2.05, 4.69) is 42.7 Å². The molecule has 0 bridgehead atoms. The van der Waals surface area contributed by atoms with Crippen LogP contribution < -0.4 is 5.73 Å². The monoisotopic (exact) mass is 332 g/mol. The minimum atomic E-state index is 0. The number of aromatic nitrogens is 2. The van der Waals surface area contributed by atoms with Crippen molar-refractivity contribution >= 4 is 12.4 Å². The fraction of sp³-hybridized carbons (Fsp3) is 0.867. The molecule has 2 atom stereocenters. The summed E-state index contributed by atoms with van der Waals surface area (Å²) in [6.45, 7) is 11.6. The highest BCUT2D eigenvalue weighted by molar-refractivity contribution is 5.85. The summed E-state index contributed by atoms with van der Waals surface area (Å²) < 4.78 is 10.9. The Hall–Kier alpha value is -0.690. The second-order valence-electron chi connectivity index (χ2n) is 6.30. The molecule has 6 nitrogen and oxygen atoms in total. The van der Waals surface area contributed by atoms with Gasteiger partial charge < -0.3 is 15.0 Å². The lowest BCUT2D eigenvalue weighted by molar-refractivity contribution is -0.152. The van der Waals surface area contributed by atoms with Crippen molar-refractivity contribution in [2.24, 2.45) is 11.1 Å². The van der Waals surface area contributed by atoms with Gasteiger partial charge in [-0.05, 0) is 26.3 Å². The number of nitrogens with zero attached hydrogens (tertiary/aromatic N) is 3. The van der Waals surface area contributed by atoms with Crippen LogP contribution in [0, 0.1) is 5.41 Å². The Bertz CT molecular complexity index is 453. The molecule has 1 aromatic heterocycles. The van der Waals surface area contributed by atoms with Crippen molar-refractivity contribution in [1.29, 1.82) is 0 Å². The molecule has 0 saturated heterocycles. The molecule has 0 aliphatic heterocycles. The van der Waals surface area contributed by atoms with Crippen molar-refractivity contribution in [2.75, 3.05) is 13.2 Å². The Kier molecular flexibility index (Phi) is 7.25. The SMILES string of the molecule is CCCN(Cc1noc(CN)n1)C1CC(OCC)C1(C)C.Cl. The molecule has 1 saturated carbocycles. The molecule has 0 amide bonds. The van der Waals surface area contributed by atoms with Crippen LogP contribution in [0.25, 0.3) is 0 Å². The van der Waals surface area contributed by atoms with Crippen molar-refractivity contribution in [3.63, 3.8) is 0 Å². The molecule has 1 aliphatic carbocycles. The van der Waals surface area contributed by atoms with Crippen LogP contribution in [0.5, 0.6) is 0 Å². The van der Waals surface area contributed by atoms with E-state index in [4.69, 9.17) is 15.0 Å². The first-order valence-electron chi connectivity index (χ1n) is 7.90. The number of rotatable bonds is 8. The van der Waals surface area contributed by atoms with Gasteiger partial charge in [-0.2, -0.15) is 4.98 Å². The van der Waals surface area contributed by atoms with E-state index in [-0.39, 0.29) is 17.8 Å². The summed E-state index contributed by atoms with van der Waals surface area (Å²) in [4.78, 5) is 6.76. The molecular formula is C15H29ClN4O2. The second-order valence-corrected chi connectivity index (χ2v) is 6.30. The first-order chi connectivity index (χ1) is 10.0. The van der Waals surface area contributed by atoms with Gasteiger partial charge in [0.05, 0.1) is 19.2 Å². The Balaban J connectivity index is 0.00000242. The maximum absolute atomic E-state index is 5.83. The maximum atomic E-state index is 5.83. The molecule has 1 fully saturated rings. The number of ether oxygens (including phenoxy) is 1. The Morgan fingerprint density at radius 1 is 1.41 bits per heavy atom. The predicted octanol–water partition coefficient (Wildman–Crippen LogP) is 2.37. The van der Waals surface area contributed by atoms with E-state index in [9.17, 15) is 0 Å². The number of halogens is 1. The lowest BCUT2D eigenvalue weighted by Gasteiger charge is -2.55. The van der Waals surface area contributed by atoms with Crippen LogP contribution in [-0.2, 0) is 17.8 Å². The highest BCUT2D eigenvalue weighted by Crippen LogP contribution is 2.46. The van der Waals surface area contributed by atoms with Crippen molar-refractivity contribution in [3.8, 4) is 0 Å². The minimum Gasteiger partial charge on any atom is -0.378 e. The Morgan fingerprint density at radius 2 is 2.14 bits per heavy atom. The summed E-state index contributed by atoms with van der Waals surface area (Å²) >= 11 is 0. The van der Waals surface area contributed by atoms with Crippen molar-refractivity contribution in [1.82, 2.24) is 15.0 Å². The zero-order valence-corrected chi connectivity index (χ0v) is 14.9. The molecule has 2 rings (SSSR count). The normalized spacial score (nSPS) is 23.2. The van der Waals surface area contributed by atoms with E-state index in [1.54, 1.807) is 0 Å². The predicted molar refractivity (Wildman–Crippen MR) is 87.7 cm³/mol. The molecule has 128 valence electrons. The van der Waals surface area contributed by atoms with Crippen molar-refractivity contribution in [3.05, 3.63) is 11.7 Å². The molecule has 1 aliphatic rings. The molecule has 7 heteroatoms. The zero-order chi connectivity index (χ0) is 15.5. The Labute approximate surface area is 139 Å². The van der Waals surface area contributed by atoms with Gasteiger partial charge >= 0.3 is 0 Å². The van der Waals surface area contributed by atoms with Crippen LogP contribution in [0.3, 0.4) is 0 Å². The smallest absolute Gasteiger partial charge is 0.240 e. The van der Waals surface area contributed by atoms with Crippen LogP contribution >= 0.6 is 12.4 Å². The third kappa shape index (κ3) is 3.98. The summed E-state index contributed by atoms with van der Waals surface area (Å²) in [5, 5.41) is 4.01. The van der Waals surface area contributed by atoms with Gasteiger partial charge in [0.2, 0.25) is 5.89 Å². The average Bonchev–Trinajstić information content (AvgIpc) is 2.90. The van der Waals surface area contributed by atoms with E-state index in [0.29, 0.717) is 31.1 Å². The van der Waals surface area contributed by atoms with E-state index in [1.165, 1.54) is 0 Å². The first kappa shape index (κ1) is 19.4. The van der Waals surface area contributed by atoms with Crippen LogP contribution in [0.1, 0.15) is 52.3 Å². The largest absolute Gasteiger partial charge is 0.378 e. The number of hydrogen-bond acceptors (Lipinski definition) is 6. The van der Waals surface area contributed by atoms with E-state index in [1.807, 2.05) is 0 Å². The molecule has 0 radical (unpaired) electrons. The van der Waals surface area contributed by atoms with Gasteiger partial charge in [0.15, 0.2) is 5.82 Å². The molecule has 1 aromatic rings. The lowest BCUT2D eigenvalue weighted by Crippen LogP contribution is -2.62. The maximum Gasteiger partial charge on any atom is 0.240 e. The molecule has 22 heavy (non-hydrogen) atoms. The summed E-state index contributed by atoms with van der Waals surface area (Å²) in [5.74, 6) is 1.22. The van der Waals surface area contributed by atoms with Gasteiger partial charge in [-0.3, -0.25) is 4.90 Å². The van der Waals surface area contributed by atoms with E-state index >= 15 is 0 Å². The highest BCUT2D eigenvalue weighted by Gasteiger charge is 2.51. The molecule has 0 spiro atoms. The van der Waals surface area contributed by atoms with Gasteiger partial charge in [-0.1, -0.05) is 25.9 Å². The fourth-order valence-corrected chi connectivity index (χ4v) is 3.22. The van der Waals surface area contributed by atoms with Crippen molar-refractivity contribution < 1.29 is 9.26 Å². The Morgan fingerprint density at radius 3 is 2.64 bits per heavy atom. The van der Waals surface area contributed by atoms with Gasteiger partial charge in [0.25, 0.3) is 0 Å². The van der Waals surface area contributed by atoms with E-state index in [0.717, 1.165) is 31.8 Å². The third-order valence-electron chi connectivity index (χ3n) is 4.47. The van der Waals surface area contributed by atoms with Gasteiger partial charge in [-0.25, -0.2) is 0 Å². The molecule has 2 N–H and O–H groups in total. The standard InChI is InChI=1S/C15H28N4O2.ClH/c1-5-7-19(10-13-17-14(9-16)21-18-13)11-8-12(20-6-2)15(11,3)4;/h11-12H,5-10,16H2,1-4H3;1H. The summed E-state index contributed by atoms with van der Waals surface area (Å²) in [7, 11) is 0. The third-order valence-corrected chi connectivity index (χ3v) is 4.47. The minimum absolute atomic E-state index is 0. The first-order valence-corrected chi connectivity index (χ1v) is 7.90. The molecular weight excluding hydrogens is 304 g/mol. The van der Waals surface area contributed by atoms with Crippen molar-refractivity contribution in [2.45, 2.75) is 65.8 Å². The quantitative estimate of drug-likeness (QED) is 0.787. The summed E-state index contributed by atoms with van der Waals surface area (Å²) in [6, 6.07) is 0.494. The van der Waals surface area contributed by atoms with Gasteiger partial charge in [0, 0.05) is 18.1 Å². The van der Waals surface area contributed by atoms with Crippen LogP contribution in [0.2, 0.25) is 0 Å². The second kappa shape index (κ2) is 8.24. The topological polar surface area (TPSA) is 77.4 Å². The number of hydrogen-bond donors (Lipinski definition) is 1. The van der Waals surface area contributed by atoms with Crippen LogP contribution in [-0.4, -0.2) is 40.3 Å². The zero-order valence-electron chi connectivity index (χ0n) is 14.0. The molecule has 0 aromatic carbocycles. The van der Waals surface area contributed by atoms with Gasteiger partial charge in [0.1, 0.15) is 0 Å². The average molecular weight is 333 g/mol. The molecule has 1 heterocycles. The van der Waals surface area contributed by atoms with Crippen LogP contribution in [0.4, 0.5) is 0 Å². The summed E-state index contributed by atoms with van der Waals surface area (Å²) in [6.07, 6.45) is 2.52. The van der Waals surface area contributed by atoms with Crippen LogP contribution in [0.15, 0.2) is 4.52 Å². The number of nitrogens with two attached hydrogens (primary N) is 1. The van der Waals surface area contributed by atoms with Gasteiger partial charge in [-0.15, -0.1) is 12.4 Å². The summed E-state index contributed by atoms with van der Waals surface area (Å²) in [5.41, 5.74) is 5.68. The highest BCUT2D eigenvalue weighted by atomic mass is 35.5. The molecule has 2 unspecified atom stereocenters. The van der Waals surface area contributed by atoms with E-state index < -0.39 is 0 Å². The fourth-order valence-electron chi connectivity index (χ4n) is 3.22.